The maximum absolute atomic E-state index is 10.4. The molecule has 0 aromatic rings. The number of ether oxygens (including phenoxy) is 2. The van der Waals surface area contributed by atoms with Crippen molar-refractivity contribution in [2.24, 2.45) is 0 Å². The summed E-state index contributed by atoms with van der Waals surface area (Å²) in [6.45, 7) is 0.568. The van der Waals surface area contributed by atoms with Crippen LogP contribution < -0.4 is 0 Å². The first kappa shape index (κ1) is 6.22. The molecule has 1 saturated heterocycles. The summed E-state index contributed by atoms with van der Waals surface area (Å²) in [5, 5.41) is 0. The molecule has 0 aromatic carbocycles. The largest absolute Gasteiger partial charge is 0.461 e. The number of carbonyl (C=O) groups is 2. The Morgan fingerprint density at radius 2 is 2.33 bits per heavy atom. The molecule has 1 rings (SSSR count). The van der Waals surface area contributed by atoms with Gasteiger partial charge in [-0.05, 0) is 0 Å². The molecule has 0 amide bonds. The van der Waals surface area contributed by atoms with Gasteiger partial charge in [-0.3, -0.25) is 4.79 Å². The van der Waals surface area contributed by atoms with E-state index in [0.717, 1.165) is 0 Å². The maximum Gasteiger partial charge on any atom is 0.342 e. The zero-order valence-electron chi connectivity index (χ0n) is 4.70. The number of rotatable bonds is 1. The van der Waals surface area contributed by atoms with Crippen LogP contribution in [-0.2, 0) is 19.1 Å². The molecule has 1 atom stereocenters. The highest BCUT2D eigenvalue weighted by molar-refractivity contribution is 5.91. The minimum atomic E-state index is -0.987. The minimum absolute atomic E-state index is 0.253. The minimum Gasteiger partial charge on any atom is -0.461 e. The van der Waals surface area contributed by atoms with Gasteiger partial charge in [-0.25, -0.2) is 4.79 Å². The molecule has 4 heteroatoms. The van der Waals surface area contributed by atoms with Gasteiger partial charge in [0.05, 0.1) is 6.61 Å². The van der Waals surface area contributed by atoms with E-state index in [-0.39, 0.29) is 6.61 Å². The fraction of sp³-hybridized carbons (Fsp3) is 0.600. The summed E-state index contributed by atoms with van der Waals surface area (Å²) < 4.78 is 9.18. The molecular formula is C5H6O4. The Balaban J connectivity index is 2.48. The third-order valence-corrected chi connectivity index (χ3v) is 0.981. The molecule has 0 aromatic heterocycles. The van der Waals surface area contributed by atoms with Crippen molar-refractivity contribution in [3.05, 3.63) is 0 Å². The first-order valence-electron chi connectivity index (χ1n) is 2.58. The lowest BCUT2D eigenvalue weighted by Crippen LogP contribution is -2.35. The lowest BCUT2D eigenvalue weighted by Gasteiger charge is -2.16. The van der Waals surface area contributed by atoms with E-state index in [1.165, 1.54) is 0 Å². The van der Waals surface area contributed by atoms with Crippen LogP contribution in [0.5, 0.6) is 0 Å². The van der Waals surface area contributed by atoms with Gasteiger partial charge in [-0.1, -0.05) is 0 Å². The van der Waals surface area contributed by atoms with Crippen molar-refractivity contribution < 1.29 is 19.1 Å². The molecule has 0 aliphatic carbocycles. The third kappa shape index (κ3) is 1.26. The highest BCUT2D eigenvalue weighted by Gasteiger charge is 2.23. The van der Waals surface area contributed by atoms with Gasteiger partial charge in [-0.2, -0.15) is 0 Å². The monoisotopic (exact) mass is 130 g/mol. The van der Waals surface area contributed by atoms with Crippen molar-refractivity contribution in [3.8, 4) is 0 Å². The van der Waals surface area contributed by atoms with Crippen LogP contribution in [-0.4, -0.2) is 31.6 Å². The van der Waals surface area contributed by atoms with E-state index in [0.29, 0.717) is 12.9 Å². The summed E-state index contributed by atoms with van der Waals surface area (Å²) in [7, 11) is 0. The van der Waals surface area contributed by atoms with Gasteiger partial charge in [-0.15, -0.1) is 0 Å². The highest BCUT2D eigenvalue weighted by atomic mass is 16.6. The van der Waals surface area contributed by atoms with Crippen molar-refractivity contribution in [3.63, 3.8) is 0 Å². The molecule has 1 heterocycles. The standard InChI is InChI=1S/C5H6O4/c6-3-4-5(7)9-2-1-8-4/h3-4H,1-2H2. The molecule has 0 radical (unpaired) electrons. The van der Waals surface area contributed by atoms with Crippen LogP contribution in [0.25, 0.3) is 0 Å². The van der Waals surface area contributed by atoms with Gasteiger partial charge in [0.1, 0.15) is 6.61 Å². The van der Waals surface area contributed by atoms with Crippen LogP contribution >= 0.6 is 0 Å². The van der Waals surface area contributed by atoms with Crippen LogP contribution in [0.1, 0.15) is 0 Å². The zero-order chi connectivity index (χ0) is 6.69. The smallest absolute Gasteiger partial charge is 0.342 e. The average Bonchev–Trinajstić information content (AvgIpc) is 1.89. The van der Waals surface area contributed by atoms with Crippen LogP contribution in [0.3, 0.4) is 0 Å². The third-order valence-electron chi connectivity index (χ3n) is 0.981. The van der Waals surface area contributed by atoms with E-state index in [2.05, 4.69) is 4.74 Å². The summed E-state index contributed by atoms with van der Waals surface area (Å²) in [5.74, 6) is -0.587. The molecule has 1 aliphatic rings. The Hall–Kier alpha value is -0.900. The molecule has 1 fully saturated rings. The Morgan fingerprint density at radius 3 is 2.78 bits per heavy atom. The van der Waals surface area contributed by atoms with Gasteiger partial charge in [0.25, 0.3) is 0 Å². The van der Waals surface area contributed by atoms with Crippen LogP contribution in [0.2, 0.25) is 0 Å². The van der Waals surface area contributed by atoms with Crippen molar-refractivity contribution in [1.82, 2.24) is 0 Å². The van der Waals surface area contributed by atoms with Gasteiger partial charge in [0.15, 0.2) is 6.29 Å². The lowest BCUT2D eigenvalue weighted by molar-refractivity contribution is -0.171. The fourth-order valence-corrected chi connectivity index (χ4v) is 0.562. The van der Waals surface area contributed by atoms with Gasteiger partial charge in [0, 0.05) is 0 Å². The number of hydrogen-bond acceptors (Lipinski definition) is 4. The summed E-state index contributed by atoms with van der Waals surface area (Å²) in [4.78, 5) is 20.4. The van der Waals surface area contributed by atoms with E-state index in [9.17, 15) is 9.59 Å². The fourth-order valence-electron chi connectivity index (χ4n) is 0.562. The number of cyclic esters (lactones) is 1. The molecule has 1 aliphatic heterocycles. The van der Waals surface area contributed by atoms with E-state index >= 15 is 0 Å². The van der Waals surface area contributed by atoms with Crippen molar-refractivity contribution in [2.75, 3.05) is 13.2 Å². The Bertz CT molecular complexity index is 131. The molecule has 9 heavy (non-hydrogen) atoms. The molecule has 0 bridgehead atoms. The molecule has 50 valence electrons. The normalized spacial score (nSPS) is 27.1. The van der Waals surface area contributed by atoms with E-state index < -0.39 is 12.1 Å². The van der Waals surface area contributed by atoms with Crippen molar-refractivity contribution >= 4 is 12.3 Å². The van der Waals surface area contributed by atoms with Crippen LogP contribution in [0, 0.1) is 0 Å². The summed E-state index contributed by atoms with van der Waals surface area (Å²) in [6.07, 6.45) is -0.555. The second-order valence-electron chi connectivity index (χ2n) is 1.59. The van der Waals surface area contributed by atoms with Crippen LogP contribution in [0.4, 0.5) is 0 Å². The summed E-state index contributed by atoms with van der Waals surface area (Å²) in [5.41, 5.74) is 0. The highest BCUT2D eigenvalue weighted by Crippen LogP contribution is 1.98. The van der Waals surface area contributed by atoms with E-state index in [4.69, 9.17) is 4.74 Å². The van der Waals surface area contributed by atoms with E-state index in [1.807, 2.05) is 0 Å². The number of esters is 1. The quantitative estimate of drug-likeness (QED) is 0.263. The lowest BCUT2D eigenvalue weighted by atomic mass is 10.4. The van der Waals surface area contributed by atoms with Crippen LogP contribution in [0.15, 0.2) is 0 Å². The maximum atomic E-state index is 10.4. The molecule has 0 saturated carbocycles. The van der Waals surface area contributed by atoms with Gasteiger partial charge >= 0.3 is 5.97 Å². The van der Waals surface area contributed by atoms with Crippen molar-refractivity contribution in [1.29, 1.82) is 0 Å². The average molecular weight is 130 g/mol. The Kier molecular flexibility index (Phi) is 1.79. The van der Waals surface area contributed by atoms with E-state index in [1.54, 1.807) is 0 Å². The zero-order valence-corrected chi connectivity index (χ0v) is 4.70. The van der Waals surface area contributed by atoms with Gasteiger partial charge in [0.2, 0.25) is 6.10 Å². The Labute approximate surface area is 51.7 Å². The number of aldehydes is 1. The summed E-state index contributed by atoms with van der Waals surface area (Å²) in [6, 6.07) is 0. The van der Waals surface area contributed by atoms with Crippen molar-refractivity contribution in [2.45, 2.75) is 6.10 Å². The second-order valence-corrected chi connectivity index (χ2v) is 1.59. The summed E-state index contributed by atoms with van der Waals surface area (Å²) >= 11 is 0. The molecule has 1 unspecified atom stereocenters. The molecule has 0 spiro atoms. The number of hydrogen-bond donors (Lipinski definition) is 0. The second kappa shape index (κ2) is 2.59. The first-order chi connectivity index (χ1) is 4.34. The number of carbonyl (C=O) groups excluding carboxylic acids is 2. The predicted molar refractivity (Wildman–Crippen MR) is 26.8 cm³/mol. The molecule has 0 N–H and O–H groups in total. The predicted octanol–water partition coefficient (Wildman–Crippen LogP) is -0.873. The molecular weight excluding hydrogens is 124 g/mol. The Morgan fingerprint density at radius 1 is 1.56 bits per heavy atom. The van der Waals surface area contributed by atoms with Gasteiger partial charge < -0.3 is 9.47 Å². The first-order valence-corrected chi connectivity index (χ1v) is 2.58. The topological polar surface area (TPSA) is 52.6 Å². The SMILES string of the molecule is O=CC1OCCOC1=O. The molecule has 4 nitrogen and oxygen atoms in total.